The highest BCUT2D eigenvalue weighted by Crippen LogP contribution is 2.25. The van der Waals surface area contributed by atoms with Gasteiger partial charge in [0.1, 0.15) is 0 Å². The van der Waals surface area contributed by atoms with Crippen LogP contribution in [-0.4, -0.2) is 70.9 Å². The van der Waals surface area contributed by atoms with Gasteiger partial charge in [0, 0.05) is 57.2 Å². The van der Waals surface area contributed by atoms with Crippen molar-refractivity contribution in [2.45, 2.75) is 70.1 Å². The van der Waals surface area contributed by atoms with Crippen molar-refractivity contribution >= 4 is 11.8 Å². The molecule has 0 unspecified atom stereocenters. The second-order valence-corrected chi connectivity index (χ2v) is 8.61. The number of amides is 2. The SMILES string of the molecule is CCn1cc(C(=O)N[C@H]2CC[C@@H](C(=O)NC3CC3)CN(C3CCOCC3)C2)cn1. The Morgan fingerprint density at radius 2 is 1.83 bits per heavy atom. The molecule has 1 aliphatic carbocycles. The second kappa shape index (κ2) is 9.26. The van der Waals surface area contributed by atoms with Crippen molar-refractivity contribution in [3.05, 3.63) is 18.0 Å². The summed E-state index contributed by atoms with van der Waals surface area (Å²) in [5, 5.41) is 10.6. The summed E-state index contributed by atoms with van der Waals surface area (Å²) in [5.41, 5.74) is 0.594. The van der Waals surface area contributed by atoms with Crippen LogP contribution in [0.2, 0.25) is 0 Å². The van der Waals surface area contributed by atoms with E-state index >= 15 is 0 Å². The Morgan fingerprint density at radius 1 is 1.07 bits per heavy atom. The molecule has 0 spiro atoms. The summed E-state index contributed by atoms with van der Waals surface area (Å²) in [6.45, 7) is 5.83. The summed E-state index contributed by atoms with van der Waals surface area (Å²) < 4.78 is 7.29. The Morgan fingerprint density at radius 3 is 2.52 bits per heavy atom. The van der Waals surface area contributed by atoms with E-state index in [-0.39, 0.29) is 23.8 Å². The molecule has 29 heavy (non-hydrogen) atoms. The Balaban J connectivity index is 1.42. The summed E-state index contributed by atoms with van der Waals surface area (Å²) in [6, 6.07) is 0.835. The van der Waals surface area contributed by atoms with E-state index < -0.39 is 0 Å². The zero-order valence-electron chi connectivity index (χ0n) is 17.3. The summed E-state index contributed by atoms with van der Waals surface area (Å²) >= 11 is 0. The number of carbonyl (C=O) groups excluding carboxylic acids is 2. The van der Waals surface area contributed by atoms with Gasteiger partial charge in [0.25, 0.3) is 5.91 Å². The molecule has 1 saturated carbocycles. The fourth-order valence-electron chi connectivity index (χ4n) is 4.38. The van der Waals surface area contributed by atoms with Crippen molar-refractivity contribution < 1.29 is 14.3 Å². The quantitative estimate of drug-likeness (QED) is 0.744. The molecule has 2 atom stereocenters. The maximum Gasteiger partial charge on any atom is 0.254 e. The van der Waals surface area contributed by atoms with Gasteiger partial charge in [-0.1, -0.05) is 0 Å². The van der Waals surface area contributed by atoms with Gasteiger partial charge in [-0.25, -0.2) is 0 Å². The second-order valence-electron chi connectivity index (χ2n) is 8.61. The lowest BCUT2D eigenvalue weighted by atomic mass is 10.00. The molecular weight excluding hydrogens is 370 g/mol. The molecular formula is C21H33N5O3. The molecule has 8 heteroatoms. The highest BCUT2D eigenvalue weighted by atomic mass is 16.5. The van der Waals surface area contributed by atoms with Gasteiger partial charge < -0.3 is 15.4 Å². The number of likely N-dealkylation sites (tertiary alicyclic amines) is 1. The molecule has 0 radical (unpaired) electrons. The zero-order valence-corrected chi connectivity index (χ0v) is 17.3. The van der Waals surface area contributed by atoms with Crippen molar-refractivity contribution in [3.8, 4) is 0 Å². The Hall–Kier alpha value is -1.93. The maximum absolute atomic E-state index is 12.8. The molecule has 4 rings (SSSR count). The molecule has 2 amide bonds. The van der Waals surface area contributed by atoms with E-state index in [1.807, 2.05) is 6.92 Å². The highest BCUT2D eigenvalue weighted by Gasteiger charge is 2.35. The van der Waals surface area contributed by atoms with Crippen LogP contribution >= 0.6 is 0 Å². The number of hydrogen-bond donors (Lipinski definition) is 2. The number of hydrogen-bond acceptors (Lipinski definition) is 5. The highest BCUT2D eigenvalue weighted by molar-refractivity contribution is 5.93. The minimum absolute atomic E-state index is 0.0109. The largest absolute Gasteiger partial charge is 0.381 e. The first-order chi connectivity index (χ1) is 14.1. The average Bonchev–Trinajstić information content (AvgIpc) is 3.46. The van der Waals surface area contributed by atoms with Crippen molar-refractivity contribution in [1.29, 1.82) is 0 Å². The minimum Gasteiger partial charge on any atom is -0.381 e. The molecule has 2 saturated heterocycles. The Labute approximate surface area is 172 Å². The molecule has 3 fully saturated rings. The number of nitrogens with zero attached hydrogens (tertiary/aromatic N) is 3. The third kappa shape index (κ3) is 5.36. The molecule has 3 heterocycles. The summed E-state index contributed by atoms with van der Waals surface area (Å²) in [5.74, 6) is 0.0893. The lowest BCUT2D eigenvalue weighted by molar-refractivity contribution is -0.126. The van der Waals surface area contributed by atoms with Crippen LogP contribution in [0.4, 0.5) is 0 Å². The topological polar surface area (TPSA) is 88.5 Å². The van der Waals surface area contributed by atoms with Crippen LogP contribution in [0.5, 0.6) is 0 Å². The van der Waals surface area contributed by atoms with Gasteiger partial charge >= 0.3 is 0 Å². The molecule has 2 aliphatic heterocycles. The fourth-order valence-corrected chi connectivity index (χ4v) is 4.38. The molecule has 3 aliphatic rings. The summed E-state index contributed by atoms with van der Waals surface area (Å²) in [6.07, 6.45) is 9.21. The van der Waals surface area contributed by atoms with E-state index in [0.29, 0.717) is 17.6 Å². The van der Waals surface area contributed by atoms with Gasteiger partial charge in [0.15, 0.2) is 0 Å². The normalized spacial score (nSPS) is 26.7. The van der Waals surface area contributed by atoms with Crippen molar-refractivity contribution in [1.82, 2.24) is 25.3 Å². The first-order valence-electron chi connectivity index (χ1n) is 11.1. The Bertz CT molecular complexity index is 711. The number of nitrogens with one attached hydrogen (secondary N) is 2. The van der Waals surface area contributed by atoms with Crippen LogP contribution in [0, 0.1) is 5.92 Å². The van der Waals surface area contributed by atoms with Crippen LogP contribution in [0.1, 0.15) is 55.8 Å². The predicted molar refractivity (Wildman–Crippen MR) is 108 cm³/mol. The van der Waals surface area contributed by atoms with Crippen LogP contribution in [0.15, 0.2) is 12.4 Å². The Kier molecular flexibility index (Phi) is 6.50. The first-order valence-corrected chi connectivity index (χ1v) is 11.1. The van der Waals surface area contributed by atoms with Crippen molar-refractivity contribution in [3.63, 3.8) is 0 Å². The summed E-state index contributed by atoms with van der Waals surface area (Å²) in [4.78, 5) is 27.9. The average molecular weight is 404 g/mol. The fraction of sp³-hybridized carbons (Fsp3) is 0.762. The minimum atomic E-state index is -0.0810. The number of aromatic nitrogens is 2. The van der Waals surface area contributed by atoms with Gasteiger partial charge in [-0.15, -0.1) is 0 Å². The van der Waals surface area contributed by atoms with E-state index in [2.05, 4.69) is 20.6 Å². The number of aryl methyl sites for hydroxylation is 1. The summed E-state index contributed by atoms with van der Waals surface area (Å²) in [7, 11) is 0. The van der Waals surface area contributed by atoms with Crippen molar-refractivity contribution in [2.75, 3.05) is 26.3 Å². The molecule has 2 N–H and O–H groups in total. The van der Waals surface area contributed by atoms with Crippen LogP contribution in [0.25, 0.3) is 0 Å². The van der Waals surface area contributed by atoms with Gasteiger partial charge in [-0.05, 0) is 45.4 Å². The van der Waals surface area contributed by atoms with Crippen molar-refractivity contribution in [2.24, 2.45) is 5.92 Å². The van der Waals surface area contributed by atoms with Crippen LogP contribution in [0.3, 0.4) is 0 Å². The van der Waals surface area contributed by atoms with Gasteiger partial charge in [0.2, 0.25) is 5.91 Å². The first kappa shape index (κ1) is 20.3. The standard InChI is InChI=1S/C21H33N5O3/c1-2-26-13-16(11-22-26)21(28)24-18-4-3-15(20(27)23-17-5-6-17)12-25(14-18)19-7-9-29-10-8-19/h11,13,15,17-19H,2-10,12,14H2,1H3,(H,23,27)(H,24,28)/t15-,18+/m1/s1. The predicted octanol–water partition coefficient (Wildman–Crippen LogP) is 1.17. The molecule has 0 bridgehead atoms. The van der Waals surface area contributed by atoms with Gasteiger partial charge in [-0.3, -0.25) is 19.2 Å². The van der Waals surface area contributed by atoms with E-state index in [0.717, 1.165) is 71.4 Å². The van der Waals surface area contributed by atoms with E-state index in [4.69, 9.17) is 4.74 Å². The van der Waals surface area contributed by atoms with Crippen LogP contribution in [-0.2, 0) is 16.1 Å². The smallest absolute Gasteiger partial charge is 0.254 e. The lowest BCUT2D eigenvalue weighted by Crippen LogP contribution is -2.49. The number of carbonyl (C=O) groups is 2. The molecule has 160 valence electrons. The zero-order chi connectivity index (χ0) is 20.2. The van der Waals surface area contributed by atoms with E-state index in [1.54, 1.807) is 17.1 Å². The van der Waals surface area contributed by atoms with Gasteiger partial charge in [0.05, 0.1) is 17.7 Å². The molecule has 0 aromatic carbocycles. The number of rotatable bonds is 6. The lowest BCUT2D eigenvalue weighted by Gasteiger charge is -2.36. The molecule has 1 aromatic rings. The van der Waals surface area contributed by atoms with Gasteiger partial charge in [-0.2, -0.15) is 5.10 Å². The third-order valence-electron chi connectivity index (χ3n) is 6.33. The van der Waals surface area contributed by atoms with Crippen LogP contribution < -0.4 is 10.6 Å². The number of ether oxygens (including phenoxy) is 1. The monoisotopic (exact) mass is 403 g/mol. The van der Waals surface area contributed by atoms with E-state index in [1.165, 1.54) is 0 Å². The maximum atomic E-state index is 12.8. The van der Waals surface area contributed by atoms with E-state index in [9.17, 15) is 9.59 Å². The molecule has 1 aromatic heterocycles. The molecule has 8 nitrogen and oxygen atoms in total. The third-order valence-corrected chi connectivity index (χ3v) is 6.33.